The Morgan fingerprint density at radius 3 is 1.89 bits per heavy atom. The minimum Gasteiger partial charge on any atom is -0.457 e. The maximum absolute atomic E-state index is 12.6. The second-order valence-electron chi connectivity index (χ2n) is 5.79. The second-order valence-corrected chi connectivity index (χ2v) is 6.71. The Bertz CT molecular complexity index is 939. The Hall–Kier alpha value is -2.68. The van der Waals surface area contributed by atoms with Crippen molar-refractivity contribution in [3.05, 3.63) is 88.7 Å². The van der Waals surface area contributed by atoms with E-state index in [0.29, 0.717) is 5.69 Å². The normalized spacial score (nSPS) is 10.4. The van der Waals surface area contributed by atoms with Gasteiger partial charge in [0.2, 0.25) is 0 Å². The number of esters is 2. The summed E-state index contributed by atoms with van der Waals surface area (Å²) in [4.78, 5) is 25.0. The molecule has 0 aliphatic rings. The number of rotatable bonds is 6. The number of aromatic nitrogens is 2. The van der Waals surface area contributed by atoms with E-state index in [9.17, 15) is 9.59 Å². The number of hydrogen-bond acceptors (Lipinski definition) is 5. The zero-order valence-electron chi connectivity index (χ0n) is 14.6. The summed E-state index contributed by atoms with van der Waals surface area (Å²) >= 11 is 1.91. The lowest BCUT2D eigenvalue weighted by Crippen LogP contribution is -2.14. The number of benzene rings is 2. The lowest BCUT2D eigenvalue weighted by molar-refractivity contribution is 0.0421. The molecule has 0 bridgehead atoms. The van der Waals surface area contributed by atoms with E-state index in [0.717, 1.165) is 11.1 Å². The van der Waals surface area contributed by atoms with E-state index in [2.05, 4.69) is 5.10 Å². The molecule has 0 unspecified atom stereocenters. The van der Waals surface area contributed by atoms with Gasteiger partial charge >= 0.3 is 11.9 Å². The number of nitrogens with zero attached hydrogens (tertiary/aromatic N) is 2. The molecule has 1 aromatic heterocycles. The van der Waals surface area contributed by atoms with Crippen molar-refractivity contribution in [1.29, 1.82) is 0 Å². The Balaban J connectivity index is 1.73. The molecule has 0 aliphatic heterocycles. The van der Waals surface area contributed by atoms with Crippen LogP contribution in [0.1, 0.15) is 37.7 Å². The van der Waals surface area contributed by atoms with E-state index in [1.165, 1.54) is 2.90 Å². The number of hydrogen-bond donors (Lipinski definition) is 0. The molecule has 3 rings (SSSR count). The second kappa shape index (κ2) is 8.81. The lowest BCUT2D eigenvalue weighted by Gasteiger charge is -2.07. The molecule has 0 N–H and O–H groups in total. The van der Waals surface area contributed by atoms with Crippen molar-refractivity contribution in [2.24, 2.45) is 0 Å². The van der Waals surface area contributed by atoms with Crippen LogP contribution in [0, 0.1) is 6.92 Å². The molecular formula is C20H17IN2O4. The first-order chi connectivity index (χ1) is 13.1. The van der Waals surface area contributed by atoms with Crippen molar-refractivity contribution in [2.45, 2.75) is 20.1 Å². The van der Waals surface area contributed by atoms with Gasteiger partial charge in [0.05, 0.1) is 28.6 Å². The van der Waals surface area contributed by atoms with Crippen LogP contribution in [0.15, 0.2) is 60.7 Å². The molecule has 0 saturated heterocycles. The van der Waals surface area contributed by atoms with Crippen molar-refractivity contribution in [3.8, 4) is 0 Å². The maximum Gasteiger partial charge on any atom is 0.360 e. The fourth-order valence-electron chi connectivity index (χ4n) is 2.45. The van der Waals surface area contributed by atoms with Crippen LogP contribution in [-0.2, 0) is 22.7 Å². The van der Waals surface area contributed by atoms with Gasteiger partial charge < -0.3 is 9.47 Å². The average Bonchev–Trinajstić information content (AvgIpc) is 3.00. The highest BCUT2D eigenvalue weighted by Crippen LogP contribution is 2.19. The van der Waals surface area contributed by atoms with E-state index < -0.39 is 11.9 Å². The quantitative estimate of drug-likeness (QED) is 0.396. The van der Waals surface area contributed by atoms with Gasteiger partial charge in [0.15, 0.2) is 5.69 Å². The Morgan fingerprint density at radius 1 is 0.889 bits per heavy atom. The van der Waals surface area contributed by atoms with Gasteiger partial charge in [0.25, 0.3) is 0 Å². The van der Waals surface area contributed by atoms with E-state index in [1.54, 1.807) is 6.92 Å². The van der Waals surface area contributed by atoms with Crippen LogP contribution in [-0.4, -0.2) is 19.9 Å². The van der Waals surface area contributed by atoms with Gasteiger partial charge in [-0.05, 0) is 18.1 Å². The molecule has 0 radical (unpaired) electrons. The van der Waals surface area contributed by atoms with Crippen LogP contribution < -0.4 is 0 Å². The molecule has 0 amide bonds. The zero-order valence-corrected chi connectivity index (χ0v) is 16.8. The summed E-state index contributed by atoms with van der Waals surface area (Å²) < 4.78 is 12.1. The topological polar surface area (TPSA) is 70.4 Å². The molecule has 6 nitrogen and oxygen atoms in total. The molecule has 138 valence electrons. The summed E-state index contributed by atoms with van der Waals surface area (Å²) in [7, 11) is 0. The monoisotopic (exact) mass is 476 g/mol. The fourth-order valence-corrected chi connectivity index (χ4v) is 2.91. The van der Waals surface area contributed by atoms with Crippen LogP contribution in [0.5, 0.6) is 0 Å². The highest BCUT2D eigenvalue weighted by Gasteiger charge is 2.28. The van der Waals surface area contributed by atoms with Gasteiger partial charge in [-0.3, -0.25) is 0 Å². The molecular weight excluding hydrogens is 459 g/mol. The van der Waals surface area contributed by atoms with Crippen molar-refractivity contribution >= 4 is 34.8 Å². The number of carbonyl (C=O) groups is 2. The predicted molar refractivity (Wildman–Crippen MR) is 108 cm³/mol. The molecule has 1 heterocycles. The van der Waals surface area contributed by atoms with E-state index in [4.69, 9.17) is 9.47 Å². The third kappa shape index (κ3) is 4.73. The van der Waals surface area contributed by atoms with Gasteiger partial charge in [-0.15, -0.1) is 0 Å². The minimum absolute atomic E-state index is 0.0455. The van der Waals surface area contributed by atoms with Crippen LogP contribution in [0.3, 0.4) is 0 Å². The van der Waals surface area contributed by atoms with Gasteiger partial charge in [-0.1, -0.05) is 60.7 Å². The van der Waals surface area contributed by atoms with Crippen LogP contribution >= 0.6 is 22.9 Å². The summed E-state index contributed by atoms with van der Waals surface area (Å²) in [5.41, 5.74) is 2.32. The molecule has 0 saturated carbocycles. The summed E-state index contributed by atoms with van der Waals surface area (Å²) in [5, 5.41) is 4.13. The Morgan fingerprint density at radius 2 is 1.37 bits per heavy atom. The van der Waals surface area contributed by atoms with Crippen molar-refractivity contribution in [3.63, 3.8) is 0 Å². The van der Waals surface area contributed by atoms with Gasteiger partial charge in [-0.2, -0.15) is 5.10 Å². The molecule has 2 aromatic carbocycles. The SMILES string of the molecule is Cc1c(C(=O)OCc2ccccc2)c(C(=O)OCc2ccccc2)nn1I. The van der Waals surface area contributed by atoms with Crippen molar-refractivity contribution in [1.82, 2.24) is 7.99 Å². The maximum atomic E-state index is 12.6. The summed E-state index contributed by atoms with van der Waals surface area (Å²) in [6, 6.07) is 18.6. The summed E-state index contributed by atoms with van der Waals surface area (Å²) in [5.74, 6) is -1.27. The average molecular weight is 476 g/mol. The van der Waals surface area contributed by atoms with Gasteiger partial charge in [0.1, 0.15) is 18.8 Å². The van der Waals surface area contributed by atoms with E-state index in [-0.39, 0.29) is 24.5 Å². The number of carbonyl (C=O) groups excluding carboxylic acids is 2. The molecule has 7 heteroatoms. The first-order valence-electron chi connectivity index (χ1n) is 8.24. The zero-order chi connectivity index (χ0) is 19.2. The molecule has 0 fully saturated rings. The highest BCUT2D eigenvalue weighted by molar-refractivity contribution is 14.1. The van der Waals surface area contributed by atoms with E-state index >= 15 is 0 Å². The Labute approximate surface area is 170 Å². The predicted octanol–water partition coefficient (Wildman–Crippen LogP) is 4.10. The molecule has 0 atom stereocenters. The van der Waals surface area contributed by atoms with Crippen LogP contribution in [0.2, 0.25) is 0 Å². The fraction of sp³-hybridized carbons (Fsp3) is 0.150. The van der Waals surface area contributed by atoms with Gasteiger partial charge in [0, 0.05) is 0 Å². The summed E-state index contributed by atoms with van der Waals surface area (Å²) in [6.45, 7) is 1.92. The number of halogens is 1. The molecule has 0 spiro atoms. The standard InChI is InChI=1S/C20H17IN2O4/c1-14-17(19(24)26-12-15-8-4-2-5-9-15)18(22-23(14)21)20(25)27-13-16-10-6-3-7-11-16/h2-11H,12-13H2,1H3. The Kier molecular flexibility index (Phi) is 6.23. The van der Waals surface area contributed by atoms with Crippen molar-refractivity contribution < 1.29 is 19.1 Å². The smallest absolute Gasteiger partial charge is 0.360 e. The first-order valence-corrected chi connectivity index (χ1v) is 9.20. The van der Waals surface area contributed by atoms with Crippen LogP contribution in [0.4, 0.5) is 0 Å². The molecule has 0 aliphatic carbocycles. The first kappa shape index (κ1) is 19.1. The third-order valence-electron chi connectivity index (χ3n) is 3.89. The van der Waals surface area contributed by atoms with Crippen molar-refractivity contribution in [2.75, 3.05) is 0 Å². The molecule has 27 heavy (non-hydrogen) atoms. The number of ether oxygens (including phenoxy) is 2. The van der Waals surface area contributed by atoms with E-state index in [1.807, 2.05) is 83.5 Å². The molecule has 3 aromatic rings. The minimum atomic E-state index is -0.663. The van der Waals surface area contributed by atoms with Crippen LogP contribution in [0.25, 0.3) is 0 Å². The highest BCUT2D eigenvalue weighted by atomic mass is 127. The van der Waals surface area contributed by atoms with Gasteiger partial charge in [-0.25, -0.2) is 12.5 Å². The third-order valence-corrected chi connectivity index (χ3v) is 4.83. The largest absolute Gasteiger partial charge is 0.457 e. The summed E-state index contributed by atoms with van der Waals surface area (Å²) in [6.07, 6.45) is 0. The lowest BCUT2D eigenvalue weighted by atomic mass is 10.2.